The maximum atomic E-state index is 8.73. The average molecular weight is 267 g/mol. The number of nitrogens with zero attached hydrogens (tertiary/aromatic N) is 2. The van der Waals surface area contributed by atoms with Gasteiger partial charge in [-0.3, -0.25) is 4.90 Å². The highest BCUT2D eigenvalue weighted by molar-refractivity contribution is 7.98. The molecule has 4 nitrogen and oxygen atoms in total. The van der Waals surface area contributed by atoms with Gasteiger partial charge in [0.05, 0.1) is 0 Å². The second-order valence-corrected chi connectivity index (χ2v) is 5.18. The number of oxime groups is 1. The summed E-state index contributed by atoms with van der Waals surface area (Å²) in [7, 11) is 2.07. The molecule has 5 heteroatoms. The number of amidine groups is 1. The summed E-state index contributed by atoms with van der Waals surface area (Å²) < 4.78 is 0. The summed E-state index contributed by atoms with van der Waals surface area (Å²) in [6, 6.07) is 10.3. The summed E-state index contributed by atoms with van der Waals surface area (Å²) in [5.41, 5.74) is 6.83. The Bertz CT molecular complexity index is 370. The fraction of sp³-hybridized carbons (Fsp3) is 0.462. The Morgan fingerprint density at radius 2 is 2.11 bits per heavy atom. The van der Waals surface area contributed by atoms with E-state index in [1.165, 1.54) is 5.56 Å². The lowest BCUT2D eigenvalue weighted by Crippen LogP contribution is -2.30. The number of hydrogen-bond acceptors (Lipinski definition) is 4. The smallest absolute Gasteiger partial charge is 0.141 e. The van der Waals surface area contributed by atoms with Crippen LogP contribution in [-0.2, 0) is 0 Å². The minimum atomic E-state index is 0.147. The molecule has 0 aliphatic carbocycles. The van der Waals surface area contributed by atoms with Gasteiger partial charge in [0.15, 0.2) is 0 Å². The van der Waals surface area contributed by atoms with Crippen molar-refractivity contribution in [2.75, 3.05) is 25.6 Å². The lowest BCUT2D eigenvalue weighted by atomic mass is 10.0. The van der Waals surface area contributed by atoms with Crippen LogP contribution in [0.5, 0.6) is 0 Å². The first-order valence-corrected chi connectivity index (χ1v) is 7.29. The van der Waals surface area contributed by atoms with Crippen LogP contribution in [0.4, 0.5) is 0 Å². The molecule has 0 aliphatic heterocycles. The van der Waals surface area contributed by atoms with Crippen molar-refractivity contribution in [2.45, 2.75) is 12.5 Å². The van der Waals surface area contributed by atoms with Crippen molar-refractivity contribution < 1.29 is 5.21 Å². The molecule has 100 valence electrons. The lowest BCUT2D eigenvalue weighted by Gasteiger charge is -2.28. The van der Waals surface area contributed by atoms with E-state index in [1.807, 2.05) is 30.0 Å². The molecule has 1 atom stereocenters. The Kier molecular flexibility index (Phi) is 6.60. The minimum Gasteiger partial charge on any atom is -0.409 e. The predicted molar refractivity (Wildman–Crippen MR) is 78.2 cm³/mol. The molecule has 0 fully saturated rings. The Morgan fingerprint density at radius 1 is 1.44 bits per heavy atom. The maximum absolute atomic E-state index is 8.73. The second kappa shape index (κ2) is 8.00. The van der Waals surface area contributed by atoms with Crippen LogP contribution in [0.2, 0.25) is 0 Å². The molecule has 0 aliphatic rings. The molecular formula is C13H21N3OS. The van der Waals surface area contributed by atoms with Gasteiger partial charge in [0.1, 0.15) is 5.84 Å². The number of rotatable bonds is 7. The third kappa shape index (κ3) is 4.58. The summed E-state index contributed by atoms with van der Waals surface area (Å²) in [6.07, 6.45) is 2.63. The van der Waals surface area contributed by atoms with Gasteiger partial charge >= 0.3 is 0 Å². The molecule has 0 radical (unpaired) electrons. The second-order valence-electron chi connectivity index (χ2n) is 4.20. The number of nitrogens with two attached hydrogens (primary N) is 1. The van der Waals surface area contributed by atoms with E-state index in [1.54, 1.807) is 0 Å². The molecule has 1 aromatic carbocycles. The molecule has 3 N–H and O–H groups in total. The van der Waals surface area contributed by atoms with Crippen molar-refractivity contribution >= 4 is 17.6 Å². The van der Waals surface area contributed by atoms with E-state index in [4.69, 9.17) is 10.9 Å². The summed E-state index contributed by atoms with van der Waals surface area (Å²) in [4.78, 5) is 2.24. The molecule has 1 unspecified atom stereocenters. The highest BCUT2D eigenvalue weighted by atomic mass is 32.2. The van der Waals surface area contributed by atoms with E-state index in [0.717, 1.165) is 12.3 Å². The Balaban J connectivity index is 2.81. The standard InChI is InChI=1S/C13H21N3OS/c1-16(8-9-18-2)12(10-13(14)15-17)11-6-4-3-5-7-11/h3-7,12,17H,8-10H2,1-2H3,(H2,14,15). The van der Waals surface area contributed by atoms with E-state index < -0.39 is 0 Å². The van der Waals surface area contributed by atoms with Gasteiger partial charge < -0.3 is 10.9 Å². The third-order valence-corrected chi connectivity index (χ3v) is 3.49. The molecule has 0 aromatic heterocycles. The minimum absolute atomic E-state index is 0.147. The fourth-order valence-electron chi connectivity index (χ4n) is 1.83. The first-order chi connectivity index (χ1) is 8.69. The number of benzene rings is 1. The van der Waals surface area contributed by atoms with Gasteiger partial charge in [-0.1, -0.05) is 35.5 Å². The topological polar surface area (TPSA) is 61.8 Å². The van der Waals surface area contributed by atoms with Gasteiger partial charge in [-0.05, 0) is 18.9 Å². The van der Waals surface area contributed by atoms with Crippen LogP contribution in [0.25, 0.3) is 0 Å². The van der Waals surface area contributed by atoms with Crippen molar-refractivity contribution in [3.8, 4) is 0 Å². The SMILES string of the molecule is CSCCN(C)C(C/C(N)=N/O)c1ccccc1. The van der Waals surface area contributed by atoms with Crippen molar-refractivity contribution in [1.82, 2.24) is 4.90 Å². The summed E-state index contributed by atoms with van der Waals surface area (Å²) >= 11 is 1.81. The third-order valence-electron chi connectivity index (χ3n) is 2.90. The van der Waals surface area contributed by atoms with Crippen LogP contribution in [-0.4, -0.2) is 41.5 Å². The van der Waals surface area contributed by atoms with Crippen LogP contribution in [0.3, 0.4) is 0 Å². The van der Waals surface area contributed by atoms with E-state index in [-0.39, 0.29) is 11.9 Å². The Hall–Kier alpha value is -1.20. The largest absolute Gasteiger partial charge is 0.409 e. The molecule has 1 aromatic rings. The van der Waals surface area contributed by atoms with Crippen molar-refractivity contribution in [3.63, 3.8) is 0 Å². The molecule has 18 heavy (non-hydrogen) atoms. The van der Waals surface area contributed by atoms with Crippen LogP contribution in [0.1, 0.15) is 18.0 Å². The predicted octanol–water partition coefficient (Wildman–Crippen LogP) is 2.16. The molecule has 0 amide bonds. The normalized spacial score (nSPS) is 13.8. The van der Waals surface area contributed by atoms with Crippen molar-refractivity contribution in [3.05, 3.63) is 35.9 Å². The van der Waals surface area contributed by atoms with Crippen LogP contribution in [0, 0.1) is 0 Å². The molecule has 0 saturated carbocycles. The molecule has 0 heterocycles. The van der Waals surface area contributed by atoms with Gasteiger partial charge in [-0.2, -0.15) is 11.8 Å². The molecule has 0 spiro atoms. The average Bonchev–Trinajstić information content (AvgIpc) is 2.42. The first-order valence-electron chi connectivity index (χ1n) is 5.89. The Labute approximate surface area is 113 Å². The van der Waals surface area contributed by atoms with Crippen LogP contribution in [0.15, 0.2) is 35.5 Å². The summed E-state index contributed by atoms with van der Waals surface area (Å²) in [5.74, 6) is 1.33. The zero-order chi connectivity index (χ0) is 13.4. The van der Waals surface area contributed by atoms with E-state index in [9.17, 15) is 0 Å². The fourth-order valence-corrected chi connectivity index (χ4v) is 2.30. The first kappa shape index (κ1) is 14.9. The van der Waals surface area contributed by atoms with Crippen LogP contribution < -0.4 is 5.73 Å². The van der Waals surface area contributed by atoms with E-state index in [2.05, 4.69) is 35.5 Å². The van der Waals surface area contributed by atoms with Gasteiger partial charge in [0.2, 0.25) is 0 Å². The Morgan fingerprint density at radius 3 is 2.67 bits per heavy atom. The zero-order valence-corrected chi connectivity index (χ0v) is 11.7. The quantitative estimate of drug-likeness (QED) is 0.344. The maximum Gasteiger partial charge on any atom is 0.141 e. The molecular weight excluding hydrogens is 246 g/mol. The highest BCUT2D eigenvalue weighted by Crippen LogP contribution is 2.23. The molecule has 0 saturated heterocycles. The van der Waals surface area contributed by atoms with Gasteiger partial charge in [-0.25, -0.2) is 0 Å². The monoisotopic (exact) mass is 267 g/mol. The van der Waals surface area contributed by atoms with Gasteiger partial charge in [-0.15, -0.1) is 0 Å². The number of thioether (sulfide) groups is 1. The lowest BCUT2D eigenvalue weighted by molar-refractivity contribution is 0.260. The van der Waals surface area contributed by atoms with E-state index in [0.29, 0.717) is 6.42 Å². The van der Waals surface area contributed by atoms with Crippen molar-refractivity contribution in [1.29, 1.82) is 0 Å². The molecule has 1 rings (SSSR count). The van der Waals surface area contributed by atoms with Crippen molar-refractivity contribution in [2.24, 2.45) is 10.9 Å². The zero-order valence-electron chi connectivity index (χ0n) is 10.9. The van der Waals surface area contributed by atoms with Gasteiger partial charge in [0.25, 0.3) is 0 Å². The molecule has 0 bridgehead atoms. The van der Waals surface area contributed by atoms with Gasteiger partial charge in [0, 0.05) is 24.8 Å². The number of hydrogen-bond donors (Lipinski definition) is 2. The van der Waals surface area contributed by atoms with E-state index >= 15 is 0 Å². The van der Waals surface area contributed by atoms with Crippen LogP contribution >= 0.6 is 11.8 Å². The highest BCUT2D eigenvalue weighted by Gasteiger charge is 2.18. The summed E-state index contributed by atoms with van der Waals surface area (Å²) in [5, 5.41) is 11.8. The summed E-state index contributed by atoms with van der Waals surface area (Å²) in [6.45, 7) is 0.972.